The zero-order chi connectivity index (χ0) is 29.4. The van der Waals surface area contributed by atoms with Gasteiger partial charge in [0, 0.05) is 6.54 Å². The van der Waals surface area contributed by atoms with Crippen molar-refractivity contribution in [3.63, 3.8) is 0 Å². The standard InChI is InChI=1S/C29H45NO9/c1-8-11-19(4)26(31)38-24-14-13-22(18-25(24)39-27(32)20(5)12-9-2)17-23(28(33)35-7)30-15-16-36-29(34)37-21(6)10-3/h13-14,18-21,23,30H,8-12,15-17H2,1-7H3/t19?,20?,21?,23-/m0/s1. The normalized spacial score (nSPS) is 13.9. The fourth-order valence-corrected chi connectivity index (χ4v) is 3.63. The molecule has 1 aromatic carbocycles. The van der Waals surface area contributed by atoms with Crippen LogP contribution in [0.25, 0.3) is 0 Å². The van der Waals surface area contributed by atoms with Crippen LogP contribution in [0.15, 0.2) is 18.2 Å². The zero-order valence-electron chi connectivity index (χ0n) is 24.4. The smallest absolute Gasteiger partial charge is 0.468 e. The maximum absolute atomic E-state index is 12.7. The van der Waals surface area contributed by atoms with Crippen molar-refractivity contribution in [2.24, 2.45) is 11.8 Å². The predicted molar refractivity (Wildman–Crippen MR) is 146 cm³/mol. The molecule has 0 aliphatic carbocycles. The lowest BCUT2D eigenvalue weighted by molar-refractivity contribution is -0.143. The predicted octanol–water partition coefficient (Wildman–Crippen LogP) is 5.00. The molecule has 39 heavy (non-hydrogen) atoms. The van der Waals surface area contributed by atoms with Crippen molar-refractivity contribution in [2.45, 2.75) is 92.2 Å². The number of carbonyl (C=O) groups excluding carboxylic acids is 4. The number of rotatable bonds is 17. The van der Waals surface area contributed by atoms with Gasteiger partial charge in [0.25, 0.3) is 0 Å². The number of ether oxygens (including phenoxy) is 5. The molecular formula is C29H45NO9. The van der Waals surface area contributed by atoms with Crippen LogP contribution < -0.4 is 14.8 Å². The van der Waals surface area contributed by atoms with Gasteiger partial charge in [0.2, 0.25) is 0 Å². The Morgan fingerprint density at radius 3 is 1.97 bits per heavy atom. The summed E-state index contributed by atoms with van der Waals surface area (Å²) in [6.07, 6.45) is 2.80. The van der Waals surface area contributed by atoms with Crippen LogP contribution in [0.3, 0.4) is 0 Å². The number of methoxy groups -OCH3 is 1. The summed E-state index contributed by atoms with van der Waals surface area (Å²) in [4.78, 5) is 49.4. The Balaban J connectivity index is 3.03. The van der Waals surface area contributed by atoms with Gasteiger partial charge in [-0.25, -0.2) is 4.79 Å². The van der Waals surface area contributed by atoms with Gasteiger partial charge in [0.15, 0.2) is 11.5 Å². The van der Waals surface area contributed by atoms with E-state index >= 15 is 0 Å². The third-order valence-corrected chi connectivity index (χ3v) is 6.19. The summed E-state index contributed by atoms with van der Waals surface area (Å²) in [5.41, 5.74) is 0.641. The van der Waals surface area contributed by atoms with E-state index in [1.54, 1.807) is 39.0 Å². The molecule has 0 bridgehead atoms. The van der Waals surface area contributed by atoms with E-state index in [1.165, 1.54) is 7.11 Å². The van der Waals surface area contributed by atoms with Crippen LogP contribution in [0.2, 0.25) is 0 Å². The van der Waals surface area contributed by atoms with Crippen LogP contribution in [-0.4, -0.2) is 56.5 Å². The van der Waals surface area contributed by atoms with E-state index in [2.05, 4.69) is 5.32 Å². The number of hydrogen-bond acceptors (Lipinski definition) is 10. The molecule has 0 radical (unpaired) electrons. The second-order valence-corrected chi connectivity index (χ2v) is 9.67. The van der Waals surface area contributed by atoms with Gasteiger partial charge in [0.1, 0.15) is 18.8 Å². The van der Waals surface area contributed by atoms with Crippen LogP contribution >= 0.6 is 0 Å². The largest absolute Gasteiger partial charge is 0.508 e. The van der Waals surface area contributed by atoms with Gasteiger partial charge in [0.05, 0.1) is 18.9 Å². The van der Waals surface area contributed by atoms with E-state index in [-0.39, 0.29) is 49.0 Å². The molecule has 0 aromatic heterocycles. The van der Waals surface area contributed by atoms with E-state index in [0.29, 0.717) is 24.8 Å². The van der Waals surface area contributed by atoms with Gasteiger partial charge in [-0.1, -0.05) is 53.5 Å². The molecule has 1 rings (SSSR count). The summed E-state index contributed by atoms with van der Waals surface area (Å²) in [6.45, 7) is 11.4. The topological polar surface area (TPSA) is 126 Å². The first-order valence-electron chi connectivity index (χ1n) is 13.8. The highest BCUT2D eigenvalue weighted by atomic mass is 16.7. The Hall–Kier alpha value is -3.14. The van der Waals surface area contributed by atoms with Crippen LogP contribution in [-0.2, 0) is 35.0 Å². The SMILES string of the molecule is CCCC(C)C(=O)Oc1ccc(C[C@H](NCCOC(=O)OC(C)CC)C(=O)OC)cc1OC(=O)C(C)CCC. The lowest BCUT2D eigenvalue weighted by atomic mass is 10.0. The molecule has 220 valence electrons. The maximum Gasteiger partial charge on any atom is 0.508 e. The first-order valence-corrected chi connectivity index (χ1v) is 13.8. The third kappa shape index (κ3) is 12.5. The summed E-state index contributed by atoms with van der Waals surface area (Å²) in [6, 6.07) is 4.06. The Morgan fingerprint density at radius 2 is 1.44 bits per heavy atom. The minimum Gasteiger partial charge on any atom is -0.468 e. The molecular weight excluding hydrogens is 506 g/mol. The molecule has 0 aliphatic heterocycles. The second kappa shape index (κ2) is 18.2. The average molecular weight is 552 g/mol. The van der Waals surface area contributed by atoms with Crippen LogP contribution in [0.4, 0.5) is 4.79 Å². The summed E-state index contributed by atoms with van der Waals surface area (Å²) in [5.74, 6) is -1.76. The monoisotopic (exact) mass is 551 g/mol. The van der Waals surface area contributed by atoms with Gasteiger partial charge in [-0.2, -0.15) is 0 Å². The molecule has 0 amide bonds. The Labute approximate surface area is 232 Å². The Morgan fingerprint density at radius 1 is 0.846 bits per heavy atom. The van der Waals surface area contributed by atoms with Crippen molar-refractivity contribution in [3.8, 4) is 11.5 Å². The lowest BCUT2D eigenvalue weighted by Crippen LogP contribution is -2.41. The van der Waals surface area contributed by atoms with E-state index in [9.17, 15) is 19.2 Å². The zero-order valence-corrected chi connectivity index (χ0v) is 24.4. The van der Waals surface area contributed by atoms with Gasteiger partial charge >= 0.3 is 24.1 Å². The number of nitrogens with one attached hydrogen (secondary N) is 1. The molecule has 0 saturated carbocycles. The second-order valence-electron chi connectivity index (χ2n) is 9.67. The highest BCUT2D eigenvalue weighted by Gasteiger charge is 2.24. The fourth-order valence-electron chi connectivity index (χ4n) is 3.63. The first kappa shape index (κ1) is 33.9. The minimum atomic E-state index is -0.775. The Bertz CT molecular complexity index is 933. The molecule has 0 fully saturated rings. The van der Waals surface area contributed by atoms with Crippen molar-refractivity contribution in [3.05, 3.63) is 23.8 Å². The molecule has 0 heterocycles. The van der Waals surface area contributed by atoms with Gasteiger partial charge in [-0.15, -0.1) is 0 Å². The first-order chi connectivity index (χ1) is 18.6. The van der Waals surface area contributed by atoms with Crippen LogP contribution in [0.5, 0.6) is 11.5 Å². The van der Waals surface area contributed by atoms with E-state index in [0.717, 1.165) is 12.8 Å². The van der Waals surface area contributed by atoms with Crippen molar-refractivity contribution in [2.75, 3.05) is 20.3 Å². The molecule has 4 atom stereocenters. The minimum absolute atomic E-state index is 0.00816. The number of carbonyl (C=O) groups is 4. The number of benzene rings is 1. The fraction of sp³-hybridized carbons (Fsp3) is 0.655. The number of hydrogen-bond donors (Lipinski definition) is 1. The lowest BCUT2D eigenvalue weighted by Gasteiger charge is -2.19. The summed E-state index contributed by atoms with van der Waals surface area (Å²) in [5, 5.41) is 3.01. The van der Waals surface area contributed by atoms with E-state index in [4.69, 9.17) is 23.7 Å². The van der Waals surface area contributed by atoms with E-state index in [1.807, 2.05) is 20.8 Å². The molecule has 10 heteroatoms. The third-order valence-electron chi connectivity index (χ3n) is 6.19. The molecule has 0 saturated heterocycles. The Kier molecular flexibility index (Phi) is 15.8. The molecule has 0 spiro atoms. The summed E-state index contributed by atoms with van der Waals surface area (Å²) in [7, 11) is 1.28. The van der Waals surface area contributed by atoms with Crippen molar-refractivity contribution in [1.29, 1.82) is 0 Å². The van der Waals surface area contributed by atoms with Crippen molar-refractivity contribution in [1.82, 2.24) is 5.32 Å². The molecule has 1 N–H and O–H groups in total. The van der Waals surface area contributed by atoms with Crippen LogP contribution in [0, 0.1) is 11.8 Å². The van der Waals surface area contributed by atoms with Gasteiger partial charge in [-0.3, -0.25) is 14.4 Å². The van der Waals surface area contributed by atoms with Crippen molar-refractivity contribution >= 4 is 24.1 Å². The van der Waals surface area contributed by atoms with Gasteiger partial charge < -0.3 is 29.0 Å². The molecule has 3 unspecified atom stereocenters. The number of esters is 3. The summed E-state index contributed by atoms with van der Waals surface area (Å²) >= 11 is 0. The highest BCUT2D eigenvalue weighted by Crippen LogP contribution is 2.31. The quantitative estimate of drug-likeness (QED) is 0.161. The average Bonchev–Trinajstić information content (AvgIpc) is 2.91. The summed E-state index contributed by atoms with van der Waals surface area (Å²) < 4.78 is 26.3. The van der Waals surface area contributed by atoms with Gasteiger partial charge in [-0.05, 0) is 50.3 Å². The molecule has 1 aromatic rings. The van der Waals surface area contributed by atoms with Crippen molar-refractivity contribution < 1.29 is 42.9 Å². The molecule has 10 nitrogen and oxygen atoms in total. The molecule has 0 aliphatic rings. The van der Waals surface area contributed by atoms with Crippen LogP contribution in [0.1, 0.15) is 79.2 Å². The maximum atomic E-state index is 12.7. The van der Waals surface area contributed by atoms with E-state index < -0.39 is 30.1 Å². The highest BCUT2D eigenvalue weighted by molar-refractivity contribution is 5.79.